The number of rotatable bonds is 2. The van der Waals surface area contributed by atoms with E-state index in [1.54, 1.807) is 0 Å². The van der Waals surface area contributed by atoms with Crippen LogP contribution in [-0.4, -0.2) is 12.1 Å². The zero-order chi connectivity index (χ0) is 10.9. The van der Waals surface area contributed by atoms with E-state index < -0.39 is 0 Å². The van der Waals surface area contributed by atoms with Crippen molar-refractivity contribution in [3.8, 4) is 0 Å². The first-order valence-corrected chi connectivity index (χ1v) is 5.21. The second kappa shape index (κ2) is 3.61. The zero-order valence-electron chi connectivity index (χ0n) is 8.82. The molecule has 0 spiro atoms. The Hall–Kier alpha value is -1.44. The molecule has 1 aliphatic carbocycles. The molecular weight excluding hydrogens is 188 g/mol. The molecule has 78 valence electrons. The molecule has 1 fully saturated rings. The summed E-state index contributed by atoms with van der Waals surface area (Å²) in [6.07, 6.45) is 3.08. The third kappa shape index (κ3) is 1.84. The molecule has 1 aromatic carbocycles. The summed E-state index contributed by atoms with van der Waals surface area (Å²) in [7, 11) is 0. The van der Waals surface area contributed by atoms with Crippen molar-refractivity contribution in [1.82, 2.24) is 0 Å². The summed E-state index contributed by atoms with van der Waals surface area (Å²) in [5.41, 5.74) is 1.84. The van der Waals surface area contributed by atoms with Crippen LogP contribution in [0.25, 0.3) is 0 Å². The Kier molecular flexibility index (Phi) is 2.43. The Labute approximate surface area is 89.3 Å². The summed E-state index contributed by atoms with van der Waals surface area (Å²) in [6.45, 7) is 2.12. The minimum absolute atomic E-state index is 0.0154. The minimum atomic E-state index is -0.0154. The number of carbonyl (C=O) groups excluding carboxylic acids is 2. The Morgan fingerprint density at radius 2 is 1.93 bits per heavy atom. The first-order valence-electron chi connectivity index (χ1n) is 5.21. The van der Waals surface area contributed by atoms with Crippen LogP contribution >= 0.6 is 0 Å². The predicted molar refractivity (Wildman–Crippen MR) is 58.0 cm³/mol. The number of hydrogen-bond acceptors (Lipinski definition) is 2. The number of carbonyl (C=O) groups is 2. The van der Waals surface area contributed by atoms with Gasteiger partial charge in [-0.15, -0.1) is 0 Å². The van der Waals surface area contributed by atoms with Gasteiger partial charge in [0.15, 0.2) is 0 Å². The summed E-state index contributed by atoms with van der Waals surface area (Å²) in [6, 6.07) is 7.55. The van der Waals surface area contributed by atoms with Crippen LogP contribution < -0.4 is 0 Å². The highest BCUT2D eigenvalue weighted by atomic mass is 16.1. The molecule has 0 aromatic heterocycles. The number of Topliss-reactive ketones (excluding diaryl/α,β-unsaturated/α-hetero) is 1. The molecule has 0 saturated heterocycles. The van der Waals surface area contributed by atoms with Crippen LogP contribution in [0.5, 0.6) is 0 Å². The van der Waals surface area contributed by atoms with Crippen molar-refractivity contribution in [2.45, 2.75) is 31.6 Å². The van der Waals surface area contributed by atoms with Gasteiger partial charge in [-0.25, -0.2) is 0 Å². The molecule has 1 saturated carbocycles. The van der Waals surface area contributed by atoms with Gasteiger partial charge in [0, 0.05) is 18.4 Å². The Morgan fingerprint density at radius 1 is 1.27 bits per heavy atom. The van der Waals surface area contributed by atoms with Gasteiger partial charge in [-0.3, -0.25) is 9.59 Å². The van der Waals surface area contributed by atoms with Gasteiger partial charge in [-0.1, -0.05) is 31.2 Å². The molecule has 1 atom stereocenters. The summed E-state index contributed by atoms with van der Waals surface area (Å²) in [5, 5.41) is 0. The van der Waals surface area contributed by atoms with Crippen LogP contribution in [0.3, 0.4) is 0 Å². The van der Waals surface area contributed by atoms with Crippen LogP contribution in [0.1, 0.15) is 42.1 Å². The second-order valence-corrected chi connectivity index (χ2v) is 4.52. The first-order chi connectivity index (χ1) is 7.14. The average molecular weight is 202 g/mol. The molecule has 2 nitrogen and oxygen atoms in total. The van der Waals surface area contributed by atoms with Crippen molar-refractivity contribution in [1.29, 1.82) is 0 Å². The molecule has 2 rings (SSSR count). The third-order valence-electron chi connectivity index (χ3n) is 3.29. The van der Waals surface area contributed by atoms with Crippen LogP contribution in [0, 0.1) is 0 Å². The summed E-state index contributed by atoms with van der Waals surface area (Å²) >= 11 is 0. The van der Waals surface area contributed by atoms with Gasteiger partial charge in [0.1, 0.15) is 12.1 Å². The van der Waals surface area contributed by atoms with E-state index in [2.05, 4.69) is 6.92 Å². The van der Waals surface area contributed by atoms with E-state index in [-0.39, 0.29) is 5.41 Å². The molecule has 0 bridgehead atoms. The van der Waals surface area contributed by atoms with Crippen LogP contribution in [-0.2, 0) is 10.2 Å². The van der Waals surface area contributed by atoms with Gasteiger partial charge in [0.05, 0.1) is 0 Å². The number of benzene rings is 1. The molecule has 15 heavy (non-hydrogen) atoms. The molecule has 0 N–H and O–H groups in total. The Balaban J connectivity index is 2.29. The first kappa shape index (κ1) is 10.1. The third-order valence-corrected chi connectivity index (χ3v) is 3.29. The quantitative estimate of drug-likeness (QED) is 0.690. The van der Waals surface area contributed by atoms with Crippen LogP contribution in [0.2, 0.25) is 0 Å². The Bertz CT molecular complexity index is 392. The van der Waals surface area contributed by atoms with Crippen molar-refractivity contribution < 1.29 is 9.59 Å². The van der Waals surface area contributed by atoms with E-state index in [1.807, 2.05) is 24.3 Å². The van der Waals surface area contributed by atoms with E-state index in [0.717, 1.165) is 12.7 Å². The topological polar surface area (TPSA) is 34.1 Å². The fraction of sp³-hybridized carbons (Fsp3) is 0.385. The lowest BCUT2D eigenvalue weighted by Crippen LogP contribution is -2.17. The van der Waals surface area contributed by atoms with E-state index in [1.165, 1.54) is 5.56 Å². The van der Waals surface area contributed by atoms with Crippen LogP contribution in [0.15, 0.2) is 24.3 Å². The molecule has 0 radical (unpaired) electrons. The van der Waals surface area contributed by atoms with Crippen molar-refractivity contribution in [2.24, 2.45) is 0 Å². The summed E-state index contributed by atoms with van der Waals surface area (Å²) in [5.74, 6) is 0.344. The van der Waals surface area contributed by atoms with Gasteiger partial charge in [0.2, 0.25) is 0 Å². The van der Waals surface area contributed by atoms with E-state index in [0.29, 0.717) is 24.2 Å². The highest BCUT2D eigenvalue weighted by Gasteiger charge is 2.35. The Morgan fingerprint density at radius 3 is 2.40 bits per heavy atom. The fourth-order valence-electron chi connectivity index (χ4n) is 2.24. The van der Waals surface area contributed by atoms with Gasteiger partial charge >= 0.3 is 0 Å². The average Bonchev–Trinajstić information content (AvgIpc) is 2.60. The van der Waals surface area contributed by atoms with Crippen molar-refractivity contribution in [3.05, 3.63) is 35.4 Å². The molecule has 2 heteroatoms. The molecule has 1 aliphatic rings. The SMILES string of the molecule is CC1(c2ccc(C=O)cc2)CCC(=O)C1. The monoisotopic (exact) mass is 202 g/mol. The van der Waals surface area contributed by atoms with Gasteiger partial charge in [-0.2, -0.15) is 0 Å². The van der Waals surface area contributed by atoms with Gasteiger partial charge < -0.3 is 0 Å². The lowest BCUT2D eigenvalue weighted by molar-refractivity contribution is -0.117. The molecule has 0 heterocycles. The highest BCUT2D eigenvalue weighted by molar-refractivity contribution is 5.83. The van der Waals surface area contributed by atoms with E-state index in [4.69, 9.17) is 0 Å². The summed E-state index contributed by atoms with van der Waals surface area (Å²) < 4.78 is 0. The maximum absolute atomic E-state index is 11.3. The highest BCUT2D eigenvalue weighted by Crippen LogP contribution is 2.38. The normalized spacial score (nSPS) is 25.5. The standard InChI is InChI=1S/C13H14O2/c1-13(7-6-12(15)8-13)11-4-2-10(9-14)3-5-11/h2-5,9H,6-8H2,1H3. The van der Waals surface area contributed by atoms with Crippen LogP contribution in [0.4, 0.5) is 0 Å². The van der Waals surface area contributed by atoms with E-state index >= 15 is 0 Å². The zero-order valence-corrected chi connectivity index (χ0v) is 8.82. The molecule has 1 unspecified atom stereocenters. The van der Waals surface area contributed by atoms with Crippen molar-refractivity contribution in [2.75, 3.05) is 0 Å². The number of hydrogen-bond donors (Lipinski definition) is 0. The molecule has 0 amide bonds. The van der Waals surface area contributed by atoms with E-state index in [9.17, 15) is 9.59 Å². The second-order valence-electron chi connectivity index (χ2n) is 4.52. The molecular formula is C13H14O2. The maximum atomic E-state index is 11.3. The number of aldehydes is 1. The molecule has 0 aliphatic heterocycles. The number of ketones is 1. The predicted octanol–water partition coefficient (Wildman–Crippen LogP) is 2.51. The summed E-state index contributed by atoms with van der Waals surface area (Å²) in [4.78, 5) is 21.8. The van der Waals surface area contributed by atoms with Crippen molar-refractivity contribution >= 4 is 12.1 Å². The minimum Gasteiger partial charge on any atom is -0.300 e. The maximum Gasteiger partial charge on any atom is 0.150 e. The van der Waals surface area contributed by atoms with Crippen molar-refractivity contribution in [3.63, 3.8) is 0 Å². The van der Waals surface area contributed by atoms with Gasteiger partial charge in [0.25, 0.3) is 0 Å². The lowest BCUT2D eigenvalue weighted by atomic mass is 9.81. The smallest absolute Gasteiger partial charge is 0.150 e. The molecule has 1 aromatic rings. The fourth-order valence-corrected chi connectivity index (χ4v) is 2.24. The van der Waals surface area contributed by atoms with Gasteiger partial charge in [-0.05, 0) is 17.4 Å². The lowest BCUT2D eigenvalue weighted by Gasteiger charge is -2.23. The largest absolute Gasteiger partial charge is 0.300 e.